The Kier molecular flexibility index (Phi) is 5.07. The van der Waals surface area contributed by atoms with Crippen molar-refractivity contribution < 1.29 is 18.9 Å². The summed E-state index contributed by atoms with van der Waals surface area (Å²) in [5, 5.41) is 13.9. The number of carbonyl (C=O) groups excluding carboxylic acids is 1. The first-order chi connectivity index (χ1) is 14.4. The van der Waals surface area contributed by atoms with Crippen LogP contribution in [0.1, 0.15) is 10.4 Å². The Labute approximate surface area is 175 Å². The van der Waals surface area contributed by atoms with E-state index in [-0.39, 0.29) is 5.69 Å². The van der Waals surface area contributed by atoms with Crippen molar-refractivity contribution in [1.29, 1.82) is 0 Å². The number of carbonyl (C=O) groups is 1. The zero-order valence-corrected chi connectivity index (χ0v) is 16.3. The van der Waals surface area contributed by atoms with Gasteiger partial charge in [0.15, 0.2) is 5.58 Å². The Morgan fingerprint density at radius 2 is 1.90 bits per heavy atom. The maximum absolute atomic E-state index is 12.4. The van der Waals surface area contributed by atoms with Crippen LogP contribution >= 0.6 is 11.6 Å². The number of aromatic nitrogens is 1. The lowest BCUT2D eigenvalue weighted by atomic mass is 10.2. The van der Waals surface area contributed by atoms with Crippen LogP contribution in [0.4, 0.5) is 11.4 Å². The lowest BCUT2D eigenvalue weighted by Crippen LogP contribution is -2.11. The van der Waals surface area contributed by atoms with Gasteiger partial charge in [-0.15, -0.1) is 0 Å². The topological polar surface area (TPSA) is 108 Å². The van der Waals surface area contributed by atoms with E-state index in [2.05, 4.69) is 10.3 Å². The second-order valence-corrected chi connectivity index (χ2v) is 6.72. The van der Waals surface area contributed by atoms with E-state index in [1.54, 1.807) is 36.4 Å². The number of amides is 1. The van der Waals surface area contributed by atoms with E-state index in [1.165, 1.54) is 31.4 Å². The fourth-order valence-electron chi connectivity index (χ4n) is 2.87. The van der Waals surface area contributed by atoms with E-state index < -0.39 is 10.8 Å². The third-order valence-corrected chi connectivity index (χ3v) is 4.68. The predicted molar refractivity (Wildman–Crippen MR) is 112 cm³/mol. The molecule has 1 aromatic heterocycles. The third-order valence-electron chi connectivity index (χ3n) is 4.38. The minimum atomic E-state index is -0.520. The Morgan fingerprint density at radius 1 is 1.13 bits per heavy atom. The number of rotatable bonds is 5. The number of hydrogen-bond acceptors (Lipinski definition) is 6. The first-order valence-corrected chi connectivity index (χ1v) is 9.13. The number of non-ortho nitro benzene ring substituents is 1. The van der Waals surface area contributed by atoms with Gasteiger partial charge in [0, 0.05) is 28.9 Å². The normalized spacial score (nSPS) is 10.7. The molecule has 0 bridgehead atoms. The van der Waals surface area contributed by atoms with E-state index in [4.69, 9.17) is 20.8 Å². The second kappa shape index (κ2) is 7.84. The predicted octanol–water partition coefficient (Wildman–Crippen LogP) is 5.32. The van der Waals surface area contributed by atoms with Crippen LogP contribution in [0.5, 0.6) is 5.75 Å². The number of methoxy groups -OCH3 is 1. The molecule has 3 aromatic carbocycles. The summed E-state index contributed by atoms with van der Waals surface area (Å²) in [5.41, 5.74) is 2.52. The summed E-state index contributed by atoms with van der Waals surface area (Å²) in [6.45, 7) is 0. The van der Waals surface area contributed by atoms with Crippen molar-refractivity contribution in [3.63, 3.8) is 0 Å². The van der Waals surface area contributed by atoms with E-state index in [1.807, 2.05) is 0 Å². The van der Waals surface area contributed by atoms with Crippen molar-refractivity contribution >= 4 is 40.0 Å². The summed E-state index contributed by atoms with van der Waals surface area (Å²) in [6.07, 6.45) is 0. The molecule has 0 fully saturated rings. The molecule has 0 aliphatic heterocycles. The van der Waals surface area contributed by atoms with Crippen LogP contribution in [-0.4, -0.2) is 22.9 Å². The highest BCUT2D eigenvalue weighted by Gasteiger charge is 2.13. The van der Waals surface area contributed by atoms with Gasteiger partial charge in [0.05, 0.1) is 17.1 Å². The Balaban J connectivity index is 1.57. The van der Waals surface area contributed by atoms with E-state index in [0.29, 0.717) is 44.6 Å². The first-order valence-electron chi connectivity index (χ1n) is 8.75. The summed E-state index contributed by atoms with van der Waals surface area (Å²) >= 11 is 6.17. The highest BCUT2D eigenvalue weighted by atomic mass is 35.5. The molecular weight excluding hydrogens is 410 g/mol. The van der Waals surface area contributed by atoms with Crippen LogP contribution < -0.4 is 10.1 Å². The largest absolute Gasteiger partial charge is 0.495 e. The number of nitro groups is 1. The number of nitrogens with zero attached hydrogens (tertiary/aromatic N) is 2. The second-order valence-electron chi connectivity index (χ2n) is 6.31. The van der Waals surface area contributed by atoms with Crippen molar-refractivity contribution in [2.45, 2.75) is 0 Å². The number of anilines is 1. The van der Waals surface area contributed by atoms with Gasteiger partial charge in [0.25, 0.3) is 11.6 Å². The fourth-order valence-corrected chi connectivity index (χ4v) is 3.12. The van der Waals surface area contributed by atoms with E-state index in [9.17, 15) is 14.9 Å². The summed E-state index contributed by atoms with van der Waals surface area (Å²) < 4.78 is 10.9. The number of halogens is 1. The van der Waals surface area contributed by atoms with E-state index >= 15 is 0 Å². The van der Waals surface area contributed by atoms with Gasteiger partial charge in [0.1, 0.15) is 11.3 Å². The maximum Gasteiger partial charge on any atom is 0.269 e. The van der Waals surface area contributed by atoms with Crippen molar-refractivity contribution in [3.8, 4) is 17.2 Å². The molecule has 30 heavy (non-hydrogen) atoms. The molecule has 1 heterocycles. The lowest BCUT2D eigenvalue weighted by molar-refractivity contribution is -0.384. The smallest absolute Gasteiger partial charge is 0.269 e. The van der Waals surface area contributed by atoms with Crippen LogP contribution in [0.2, 0.25) is 5.02 Å². The van der Waals surface area contributed by atoms with Crippen molar-refractivity contribution in [3.05, 3.63) is 81.4 Å². The summed E-state index contributed by atoms with van der Waals surface area (Å²) in [6, 6.07) is 15.6. The number of benzene rings is 3. The van der Waals surface area contributed by atoms with Gasteiger partial charge < -0.3 is 14.5 Å². The molecule has 0 saturated heterocycles. The lowest BCUT2D eigenvalue weighted by Gasteiger charge is -2.04. The SMILES string of the molecule is COc1ccc(-c2nc3cc(NC(=O)c4ccc([N+](=O)[O-])cc4)ccc3o2)cc1Cl. The zero-order valence-electron chi connectivity index (χ0n) is 15.6. The molecule has 4 rings (SSSR count). The minimum absolute atomic E-state index is 0.0817. The number of fused-ring (bicyclic) bond motifs is 1. The monoisotopic (exact) mass is 423 g/mol. The molecule has 0 unspecified atom stereocenters. The highest BCUT2D eigenvalue weighted by Crippen LogP contribution is 2.32. The zero-order chi connectivity index (χ0) is 21.3. The number of hydrogen-bond donors (Lipinski definition) is 1. The number of oxazole rings is 1. The van der Waals surface area contributed by atoms with Gasteiger partial charge in [-0.25, -0.2) is 4.98 Å². The Bertz CT molecular complexity index is 1270. The van der Waals surface area contributed by atoms with Gasteiger partial charge in [-0.3, -0.25) is 14.9 Å². The molecule has 0 aliphatic carbocycles. The molecule has 4 aromatic rings. The van der Waals surface area contributed by atoms with Crippen LogP contribution in [0.15, 0.2) is 65.1 Å². The average Bonchev–Trinajstić information content (AvgIpc) is 3.17. The number of nitrogens with one attached hydrogen (secondary N) is 1. The number of nitro benzene ring substituents is 1. The van der Waals surface area contributed by atoms with E-state index in [0.717, 1.165) is 0 Å². The molecule has 1 N–H and O–H groups in total. The molecule has 8 nitrogen and oxygen atoms in total. The summed E-state index contributed by atoms with van der Waals surface area (Å²) in [5.74, 6) is 0.538. The molecule has 9 heteroatoms. The molecule has 0 aliphatic rings. The van der Waals surface area contributed by atoms with Crippen LogP contribution in [0.25, 0.3) is 22.6 Å². The van der Waals surface area contributed by atoms with Gasteiger partial charge in [-0.05, 0) is 48.5 Å². The Hall–Kier alpha value is -3.91. The van der Waals surface area contributed by atoms with Crippen molar-refractivity contribution in [2.75, 3.05) is 12.4 Å². The summed E-state index contributed by atoms with van der Waals surface area (Å²) in [4.78, 5) is 27.1. The number of ether oxygens (including phenoxy) is 1. The minimum Gasteiger partial charge on any atom is -0.495 e. The van der Waals surface area contributed by atoms with Gasteiger partial charge in [-0.2, -0.15) is 0 Å². The van der Waals surface area contributed by atoms with Gasteiger partial charge in [0.2, 0.25) is 5.89 Å². The van der Waals surface area contributed by atoms with Crippen LogP contribution in [-0.2, 0) is 0 Å². The molecule has 0 spiro atoms. The summed E-state index contributed by atoms with van der Waals surface area (Å²) in [7, 11) is 1.53. The van der Waals surface area contributed by atoms with Gasteiger partial charge >= 0.3 is 0 Å². The Morgan fingerprint density at radius 3 is 2.57 bits per heavy atom. The van der Waals surface area contributed by atoms with Crippen molar-refractivity contribution in [2.24, 2.45) is 0 Å². The third kappa shape index (κ3) is 3.81. The fraction of sp³-hybridized carbons (Fsp3) is 0.0476. The molecule has 0 radical (unpaired) electrons. The molecule has 150 valence electrons. The molecule has 0 atom stereocenters. The van der Waals surface area contributed by atoms with Crippen LogP contribution in [0.3, 0.4) is 0 Å². The van der Waals surface area contributed by atoms with Crippen molar-refractivity contribution in [1.82, 2.24) is 4.98 Å². The molecule has 0 saturated carbocycles. The van der Waals surface area contributed by atoms with Crippen LogP contribution in [0, 0.1) is 10.1 Å². The first kappa shape index (κ1) is 19.4. The maximum atomic E-state index is 12.4. The standard InChI is InChI=1S/C21H14ClN3O5/c1-29-18-8-4-13(10-16(18)22)21-24-17-11-14(5-9-19(17)30-21)23-20(26)12-2-6-15(7-3-12)25(27)28/h2-11H,1H3,(H,23,26). The highest BCUT2D eigenvalue weighted by molar-refractivity contribution is 6.32. The molecular formula is C21H14ClN3O5. The quantitative estimate of drug-likeness (QED) is 0.344. The molecule has 1 amide bonds. The van der Waals surface area contributed by atoms with Gasteiger partial charge in [-0.1, -0.05) is 11.6 Å². The average molecular weight is 424 g/mol.